The van der Waals surface area contributed by atoms with Crippen LogP contribution in [-0.2, 0) is 0 Å². The van der Waals surface area contributed by atoms with E-state index in [0.717, 1.165) is 0 Å². The second-order valence-electron chi connectivity index (χ2n) is 4.15. The molecule has 0 aromatic heterocycles. The van der Waals surface area contributed by atoms with Crippen molar-refractivity contribution in [1.82, 2.24) is 0 Å². The van der Waals surface area contributed by atoms with Crippen LogP contribution in [0, 0.1) is 5.82 Å². The first-order chi connectivity index (χ1) is 9.35. The molecule has 0 saturated carbocycles. The predicted octanol–water partition coefficient (Wildman–Crippen LogP) is 4.19. The Bertz CT molecular complexity index is 569. The van der Waals surface area contributed by atoms with Gasteiger partial charge in [0.1, 0.15) is 11.6 Å². The summed E-state index contributed by atoms with van der Waals surface area (Å²) in [6, 6.07) is 10.3. The Kier molecular flexibility index (Phi) is 5.57. The first-order valence-electron chi connectivity index (χ1n) is 5.72. The topological polar surface area (TPSA) is 35.2 Å². The third-order valence-electron chi connectivity index (χ3n) is 2.70. The Labute approximate surface area is 124 Å². The van der Waals surface area contributed by atoms with E-state index < -0.39 is 12.4 Å². The van der Waals surface area contributed by atoms with Gasteiger partial charge in [-0.2, -0.15) is 0 Å². The van der Waals surface area contributed by atoms with Gasteiger partial charge in [-0.3, -0.25) is 0 Å². The minimum atomic E-state index is -4.72. The van der Waals surface area contributed by atoms with Gasteiger partial charge in [0.05, 0.1) is 6.04 Å². The number of alkyl halides is 3. The Morgan fingerprint density at radius 3 is 1.71 bits per heavy atom. The zero-order valence-corrected chi connectivity index (χ0v) is 11.4. The van der Waals surface area contributed by atoms with Crippen molar-refractivity contribution in [2.45, 2.75) is 12.4 Å². The highest BCUT2D eigenvalue weighted by Gasteiger charge is 2.31. The highest BCUT2D eigenvalue weighted by molar-refractivity contribution is 5.85. The number of halogens is 5. The van der Waals surface area contributed by atoms with Gasteiger partial charge in [0.2, 0.25) is 0 Å². The van der Waals surface area contributed by atoms with Crippen molar-refractivity contribution >= 4 is 12.4 Å². The number of hydrogen-bond donors (Lipinski definition) is 1. The average Bonchev–Trinajstić information content (AvgIpc) is 2.38. The molecule has 114 valence electrons. The van der Waals surface area contributed by atoms with E-state index in [9.17, 15) is 17.6 Å². The molecule has 0 radical (unpaired) electrons. The largest absolute Gasteiger partial charge is 0.573 e. The van der Waals surface area contributed by atoms with Crippen LogP contribution in [0.1, 0.15) is 17.2 Å². The van der Waals surface area contributed by atoms with E-state index in [0.29, 0.717) is 11.1 Å². The summed E-state index contributed by atoms with van der Waals surface area (Å²) in [5, 5.41) is 0. The van der Waals surface area contributed by atoms with Crippen LogP contribution in [0.3, 0.4) is 0 Å². The van der Waals surface area contributed by atoms with Gasteiger partial charge in [0.15, 0.2) is 0 Å². The zero-order valence-electron chi connectivity index (χ0n) is 10.6. The Hall–Kier alpha value is -1.79. The molecule has 2 nitrogen and oxygen atoms in total. The molecule has 0 aliphatic rings. The number of ether oxygens (including phenoxy) is 1. The molecule has 2 aromatic carbocycles. The molecule has 0 aliphatic heterocycles. The lowest BCUT2D eigenvalue weighted by Crippen LogP contribution is -2.17. The number of rotatable bonds is 3. The van der Waals surface area contributed by atoms with E-state index >= 15 is 0 Å². The molecule has 0 bridgehead atoms. The molecule has 0 heterocycles. The maximum absolute atomic E-state index is 12.8. The summed E-state index contributed by atoms with van der Waals surface area (Å²) in [7, 11) is 0. The van der Waals surface area contributed by atoms with Crippen LogP contribution >= 0.6 is 12.4 Å². The number of benzene rings is 2. The van der Waals surface area contributed by atoms with E-state index in [1.165, 1.54) is 48.5 Å². The number of nitrogens with two attached hydrogens (primary N) is 1. The van der Waals surface area contributed by atoms with Gasteiger partial charge in [0.25, 0.3) is 0 Å². The standard InChI is InChI=1S/C14H11F4NO.ClH/c15-11-5-1-9(2-6-11)13(19)10-3-7-12(8-4-10)20-14(16,17)18;/h1-8,13H,19H2;1H/t13-;/m1./s1. The maximum Gasteiger partial charge on any atom is 0.573 e. The molecule has 7 heteroatoms. The molecular weight excluding hydrogens is 310 g/mol. The molecule has 0 amide bonds. The fourth-order valence-corrected chi connectivity index (χ4v) is 1.74. The molecule has 2 aromatic rings. The molecular formula is C14H12ClF4NO. The highest BCUT2D eigenvalue weighted by atomic mass is 35.5. The van der Waals surface area contributed by atoms with Crippen molar-refractivity contribution < 1.29 is 22.3 Å². The Morgan fingerprint density at radius 2 is 1.29 bits per heavy atom. The van der Waals surface area contributed by atoms with E-state index in [1.54, 1.807) is 0 Å². The molecule has 0 spiro atoms. The molecule has 21 heavy (non-hydrogen) atoms. The molecule has 0 aliphatic carbocycles. The van der Waals surface area contributed by atoms with Crippen LogP contribution in [0.4, 0.5) is 17.6 Å². The second kappa shape index (κ2) is 6.78. The average molecular weight is 322 g/mol. The smallest absolute Gasteiger partial charge is 0.406 e. The van der Waals surface area contributed by atoms with Crippen LogP contribution in [0.5, 0.6) is 5.75 Å². The van der Waals surface area contributed by atoms with Crippen molar-refractivity contribution in [2.24, 2.45) is 5.73 Å². The van der Waals surface area contributed by atoms with Gasteiger partial charge in [-0.25, -0.2) is 4.39 Å². The van der Waals surface area contributed by atoms with E-state index in [4.69, 9.17) is 5.73 Å². The summed E-state index contributed by atoms with van der Waals surface area (Å²) in [5.74, 6) is -0.692. The van der Waals surface area contributed by atoms with Crippen molar-refractivity contribution in [3.63, 3.8) is 0 Å². The Morgan fingerprint density at radius 1 is 0.857 bits per heavy atom. The normalized spacial score (nSPS) is 12.4. The maximum atomic E-state index is 12.8. The summed E-state index contributed by atoms with van der Waals surface area (Å²) in [6.45, 7) is 0. The third-order valence-corrected chi connectivity index (χ3v) is 2.70. The zero-order chi connectivity index (χ0) is 14.8. The molecule has 2 rings (SSSR count). The van der Waals surface area contributed by atoms with Crippen LogP contribution in [0.2, 0.25) is 0 Å². The summed E-state index contributed by atoms with van der Waals surface area (Å²) < 4.78 is 52.6. The van der Waals surface area contributed by atoms with Crippen LogP contribution in [0.15, 0.2) is 48.5 Å². The van der Waals surface area contributed by atoms with E-state index in [1.807, 2.05) is 0 Å². The van der Waals surface area contributed by atoms with E-state index in [2.05, 4.69) is 4.74 Å². The second-order valence-corrected chi connectivity index (χ2v) is 4.15. The molecule has 1 atom stereocenters. The summed E-state index contributed by atoms with van der Waals surface area (Å²) in [6.07, 6.45) is -4.72. The summed E-state index contributed by atoms with van der Waals surface area (Å²) >= 11 is 0. The SMILES string of the molecule is Cl.N[C@H](c1ccc(F)cc1)c1ccc(OC(F)(F)F)cc1. The van der Waals surface area contributed by atoms with Crippen LogP contribution in [-0.4, -0.2) is 6.36 Å². The minimum absolute atomic E-state index is 0. The lowest BCUT2D eigenvalue weighted by molar-refractivity contribution is -0.274. The molecule has 2 N–H and O–H groups in total. The molecule has 0 fully saturated rings. The van der Waals surface area contributed by atoms with Crippen molar-refractivity contribution in [2.75, 3.05) is 0 Å². The highest BCUT2D eigenvalue weighted by Crippen LogP contribution is 2.26. The summed E-state index contributed by atoms with van der Waals surface area (Å²) in [5.41, 5.74) is 7.22. The van der Waals surface area contributed by atoms with Gasteiger partial charge >= 0.3 is 6.36 Å². The van der Waals surface area contributed by atoms with Crippen molar-refractivity contribution in [3.8, 4) is 5.75 Å². The van der Waals surface area contributed by atoms with Crippen molar-refractivity contribution in [1.29, 1.82) is 0 Å². The van der Waals surface area contributed by atoms with E-state index in [-0.39, 0.29) is 24.0 Å². The van der Waals surface area contributed by atoms with Gasteiger partial charge in [0, 0.05) is 0 Å². The lowest BCUT2D eigenvalue weighted by atomic mass is 10.00. The molecule has 0 unspecified atom stereocenters. The van der Waals surface area contributed by atoms with Crippen LogP contribution < -0.4 is 10.5 Å². The summed E-state index contributed by atoms with van der Waals surface area (Å²) in [4.78, 5) is 0. The predicted molar refractivity (Wildman–Crippen MR) is 72.8 cm³/mol. The third kappa shape index (κ3) is 4.91. The minimum Gasteiger partial charge on any atom is -0.406 e. The van der Waals surface area contributed by atoms with Crippen molar-refractivity contribution in [3.05, 3.63) is 65.5 Å². The first-order valence-corrected chi connectivity index (χ1v) is 5.72. The van der Waals surface area contributed by atoms with Gasteiger partial charge < -0.3 is 10.5 Å². The van der Waals surface area contributed by atoms with Gasteiger partial charge in [-0.15, -0.1) is 25.6 Å². The van der Waals surface area contributed by atoms with Crippen LogP contribution in [0.25, 0.3) is 0 Å². The lowest BCUT2D eigenvalue weighted by Gasteiger charge is -2.14. The van der Waals surface area contributed by atoms with Gasteiger partial charge in [-0.05, 0) is 35.4 Å². The molecule has 0 saturated heterocycles. The number of hydrogen-bond acceptors (Lipinski definition) is 2. The quantitative estimate of drug-likeness (QED) is 0.860. The fraction of sp³-hybridized carbons (Fsp3) is 0.143. The fourth-order valence-electron chi connectivity index (χ4n) is 1.74. The monoisotopic (exact) mass is 321 g/mol. The Balaban J connectivity index is 0.00000220. The first kappa shape index (κ1) is 17.3. The van der Waals surface area contributed by atoms with Gasteiger partial charge in [-0.1, -0.05) is 24.3 Å².